The van der Waals surface area contributed by atoms with Crippen LogP contribution in [0.5, 0.6) is 0 Å². The molecule has 0 spiro atoms. The summed E-state index contributed by atoms with van der Waals surface area (Å²) in [6.07, 6.45) is 4.19. The quantitative estimate of drug-likeness (QED) is 0.776. The van der Waals surface area contributed by atoms with Gasteiger partial charge in [-0.15, -0.1) is 0 Å². The number of nitrogens with two attached hydrogens (primary N) is 1. The van der Waals surface area contributed by atoms with Gasteiger partial charge in [-0.1, -0.05) is 6.07 Å². The highest BCUT2D eigenvalue weighted by atomic mass is 16.6. The highest BCUT2D eigenvalue weighted by Gasteiger charge is 2.19. The molecular weight excluding hydrogens is 202 g/mol. The van der Waals surface area contributed by atoms with Gasteiger partial charge in [0.05, 0.1) is 12.3 Å². The minimum Gasteiger partial charge on any atom is -0.304 e. The van der Waals surface area contributed by atoms with Crippen molar-refractivity contribution in [3.05, 3.63) is 30.1 Å². The molecule has 0 unspecified atom stereocenters. The first-order chi connectivity index (χ1) is 7.88. The molecular formula is C12H19N3O. The summed E-state index contributed by atoms with van der Waals surface area (Å²) in [5.41, 5.74) is 1.15. The van der Waals surface area contributed by atoms with Crippen molar-refractivity contribution in [2.24, 2.45) is 11.8 Å². The minimum atomic E-state index is 0.630. The molecule has 4 heteroatoms. The summed E-state index contributed by atoms with van der Waals surface area (Å²) in [7, 11) is 0. The first-order valence-electron chi connectivity index (χ1n) is 5.82. The monoisotopic (exact) mass is 221 g/mol. The Bertz CT molecular complexity index is 296. The smallest absolute Gasteiger partial charge is 0.0708 e. The zero-order chi connectivity index (χ0) is 11.2. The van der Waals surface area contributed by atoms with Crippen LogP contribution >= 0.6 is 0 Å². The molecule has 0 aromatic carbocycles. The fourth-order valence-electron chi connectivity index (χ4n) is 2.17. The molecule has 0 atom stereocenters. The number of nitrogens with zero attached hydrogens (tertiary/aromatic N) is 2. The van der Waals surface area contributed by atoms with E-state index in [1.54, 1.807) is 0 Å². The third kappa shape index (κ3) is 3.27. The van der Waals surface area contributed by atoms with E-state index in [4.69, 9.17) is 10.7 Å². The number of hydrogen-bond acceptors (Lipinski definition) is 4. The summed E-state index contributed by atoms with van der Waals surface area (Å²) in [5.74, 6) is 5.72. The number of aromatic nitrogens is 1. The van der Waals surface area contributed by atoms with Crippen molar-refractivity contribution in [1.82, 2.24) is 9.88 Å². The predicted molar refractivity (Wildman–Crippen MR) is 62.4 cm³/mol. The van der Waals surface area contributed by atoms with Gasteiger partial charge in [-0.2, -0.15) is 0 Å². The Morgan fingerprint density at radius 2 is 2.19 bits per heavy atom. The summed E-state index contributed by atoms with van der Waals surface area (Å²) < 4.78 is 0. The second-order valence-corrected chi connectivity index (χ2v) is 4.37. The van der Waals surface area contributed by atoms with Crippen LogP contribution in [-0.4, -0.2) is 29.6 Å². The molecule has 2 N–H and O–H groups in total. The van der Waals surface area contributed by atoms with Crippen molar-refractivity contribution >= 4 is 0 Å². The van der Waals surface area contributed by atoms with Crippen LogP contribution in [-0.2, 0) is 11.4 Å². The molecule has 1 aromatic heterocycles. The summed E-state index contributed by atoms with van der Waals surface area (Å²) in [5, 5.41) is 0. The zero-order valence-electron chi connectivity index (χ0n) is 9.51. The Balaban J connectivity index is 1.77. The second kappa shape index (κ2) is 5.94. The summed E-state index contributed by atoms with van der Waals surface area (Å²) >= 11 is 0. The minimum absolute atomic E-state index is 0.630. The third-order valence-corrected chi connectivity index (χ3v) is 3.15. The van der Waals surface area contributed by atoms with Crippen molar-refractivity contribution in [3.63, 3.8) is 0 Å². The molecule has 16 heavy (non-hydrogen) atoms. The number of pyridine rings is 1. The SMILES string of the molecule is NOCC1CCN(Cc2ccccn2)CC1. The summed E-state index contributed by atoms with van der Waals surface area (Å²) in [6, 6.07) is 6.07. The number of rotatable bonds is 4. The number of likely N-dealkylation sites (tertiary alicyclic amines) is 1. The lowest BCUT2D eigenvalue weighted by Crippen LogP contribution is -2.35. The molecule has 0 saturated carbocycles. The molecule has 1 fully saturated rings. The molecule has 1 saturated heterocycles. The largest absolute Gasteiger partial charge is 0.304 e. The molecule has 2 heterocycles. The van der Waals surface area contributed by atoms with Crippen LogP contribution in [0.4, 0.5) is 0 Å². The lowest BCUT2D eigenvalue weighted by atomic mass is 9.98. The maximum Gasteiger partial charge on any atom is 0.0708 e. The van der Waals surface area contributed by atoms with Gasteiger partial charge < -0.3 is 4.84 Å². The summed E-state index contributed by atoms with van der Waals surface area (Å²) in [4.78, 5) is 11.5. The molecule has 88 valence electrons. The normalized spacial score (nSPS) is 18.8. The van der Waals surface area contributed by atoms with E-state index < -0.39 is 0 Å². The van der Waals surface area contributed by atoms with Gasteiger partial charge in [0.1, 0.15) is 0 Å². The summed E-state index contributed by atoms with van der Waals surface area (Å²) in [6.45, 7) is 3.88. The Labute approximate surface area is 96.4 Å². The highest BCUT2D eigenvalue weighted by Crippen LogP contribution is 2.18. The molecule has 0 radical (unpaired) electrons. The second-order valence-electron chi connectivity index (χ2n) is 4.37. The number of piperidine rings is 1. The lowest BCUT2D eigenvalue weighted by molar-refractivity contribution is 0.0655. The first-order valence-corrected chi connectivity index (χ1v) is 5.82. The highest BCUT2D eigenvalue weighted by molar-refractivity contribution is 5.03. The third-order valence-electron chi connectivity index (χ3n) is 3.15. The van der Waals surface area contributed by atoms with E-state index in [1.165, 1.54) is 12.8 Å². The zero-order valence-corrected chi connectivity index (χ0v) is 9.51. The van der Waals surface area contributed by atoms with Crippen LogP contribution in [0.1, 0.15) is 18.5 Å². The van der Waals surface area contributed by atoms with Crippen LogP contribution in [0.2, 0.25) is 0 Å². The van der Waals surface area contributed by atoms with E-state index in [2.05, 4.69) is 16.0 Å². The van der Waals surface area contributed by atoms with Crippen LogP contribution < -0.4 is 5.90 Å². The molecule has 4 nitrogen and oxygen atoms in total. The molecule has 0 amide bonds. The first kappa shape index (κ1) is 11.5. The fraction of sp³-hybridized carbons (Fsp3) is 0.583. The van der Waals surface area contributed by atoms with Crippen molar-refractivity contribution in [3.8, 4) is 0 Å². The Hall–Kier alpha value is -0.970. The molecule has 0 bridgehead atoms. The van der Waals surface area contributed by atoms with E-state index in [9.17, 15) is 0 Å². The predicted octanol–water partition coefficient (Wildman–Crippen LogP) is 1.18. The van der Waals surface area contributed by atoms with Crippen LogP contribution in [0.25, 0.3) is 0 Å². The van der Waals surface area contributed by atoms with Crippen molar-refractivity contribution in [1.29, 1.82) is 0 Å². The van der Waals surface area contributed by atoms with Gasteiger partial charge in [0.15, 0.2) is 0 Å². The molecule has 1 aliphatic heterocycles. The van der Waals surface area contributed by atoms with Gasteiger partial charge in [0, 0.05) is 12.7 Å². The average molecular weight is 221 g/mol. The van der Waals surface area contributed by atoms with E-state index in [0.29, 0.717) is 12.5 Å². The lowest BCUT2D eigenvalue weighted by Gasteiger charge is -2.31. The van der Waals surface area contributed by atoms with Crippen molar-refractivity contribution in [2.45, 2.75) is 19.4 Å². The van der Waals surface area contributed by atoms with Crippen LogP contribution in [0.3, 0.4) is 0 Å². The fourth-order valence-corrected chi connectivity index (χ4v) is 2.17. The van der Waals surface area contributed by atoms with Gasteiger partial charge in [-0.25, -0.2) is 5.90 Å². The van der Waals surface area contributed by atoms with E-state index in [1.807, 2.05) is 18.3 Å². The van der Waals surface area contributed by atoms with Gasteiger partial charge in [-0.05, 0) is 44.0 Å². The molecule has 1 aliphatic rings. The maximum absolute atomic E-state index is 5.09. The van der Waals surface area contributed by atoms with Crippen molar-refractivity contribution in [2.75, 3.05) is 19.7 Å². The topological polar surface area (TPSA) is 51.4 Å². The van der Waals surface area contributed by atoms with Gasteiger partial charge in [-0.3, -0.25) is 9.88 Å². The standard InChI is InChI=1S/C12H19N3O/c13-16-10-11-4-7-15(8-5-11)9-12-3-1-2-6-14-12/h1-3,6,11H,4-5,7-10,13H2. The van der Waals surface area contributed by atoms with Crippen LogP contribution in [0, 0.1) is 5.92 Å². The molecule has 1 aromatic rings. The van der Waals surface area contributed by atoms with Gasteiger partial charge in [0.25, 0.3) is 0 Å². The number of hydrogen-bond donors (Lipinski definition) is 1. The van der Waals surface area contributed by atoms with E-state index >= 15 is 0 Å². The molecule has 2 rings (SSSR count). The Kier molecular flexibility index (Phi) is 4.27. The van der Waals surface area contributed by atoms with Gasteiger partial charge >= 0.3 is 0 Å². The van der Waals surface area contributed by atoms with E-state index in [0.717, 1.165) is 25.3 Å². The van der Waals surface area contributed by atoms with Gasteiger partial charge in [0.2, 0.25) is 0 Å². The molecule has 0 aliphatic carbocycles. The Morgan fingerprint density at radius 1 is 1.38 bits per heavy atom. The maximum atomic E-state index is 5.09. The van der Waals surface area contributed by atoms with E-state index in [-0.39, 0.29) is 0 Å². The average Bonchev–Trinajstić information content (AvgIpc) is 2.33. The van der Waals surface area contributed by atoms with Crippen LogP contribution in [0.15, 0.2) is 24.4 Å². The van der Waals surface area contributed by atoms with Crippen molar-refractivity contribution < 1.29 is 4.84 Å². The Morgan fingerprint density at radius 3 is 2.81 bits per heavy atom.